The maximum absolute atomic E-state index is 10.6. The van der Waals surface area contributed by atoms with Crippen LogP contribution in [0.25, 0.3) is 0 Å². The van der Waals surface area contributed by atoms with Gasteiger partial charge in [0.1, 0.15) is 11.8 Å². The summed E-state index contributed by atoms with van der Waals surface area (Å²) < 4.78 is 5.44. The molecule has 3 N–H and O–H groups in total. The highest BCUT2D eigenvalue weighted by Crippen LogP contribution is 2.20. The van der Waals surface area contributed by atoms with Crippen molar-refractivity contribution in [3.8, 4) is 5.75 Å². The highest BCUT2D eigenvalue weighted by Gasteiger charge is 2.11. The smallest absolute Gasteiger partial charge is 0.320 e. The average molecular weight is 237 g/mol. The van der Waals surface area contributed by atoms with Crippen LogP contribution in [0.2, 0.25) is 0 Å². The van der Waals surface area contributed by atoms with E-state index in [1.165, 1.54) is 0 Å². The van der Waals surface area contributed by atoms with Crippen LogP contribution < -0.4 is 10.5 Å². The monoisotopic (exact) mass is 237 g/mol. The highest BCUT2D eigenvalue weighted by molar-refractivity contribution is 5.73. The van der Waals surface area contributed by atoms with Crippen LogP contribution in [-0.4, -0.2) is 23.7 Å². The first kappa shape index (κ1) is 13.5. The van der Waals surface area contributed by atoms with E-state index in [1.54, 1.807) is 0 Å². The quantitative estimate of drug-likeness (QED) is 0.790. The lowest BCUT2D eigenvalue weighted by Gasteiger charge is -2.10. The van der Waals surface area contributed by atoms with Gasteiger partial charge in [0.25, 0.3) is 0 Å². The van der Waals surface area contributed by atoms with Crippen LogP contribution in [0, 0.1) is 6.92 Å². The summed E-state index contributed by atoms with van der Waals surface area (Å²) in [6.07, 6.45) is 1.11. The molecule has 0 heterocycles. The van der Waals surface area contributed by atoms with Crippen molar-refractivity contribution in [3.63, 3.8) is 0 Å². The van der Waals surface area contributed by atoms with Crippen LogP contribution in [0.1, 0.15) is 24.5 Å². The molecule has 0 saturated carbocycles. The van der Waals surface area contributed by atoms with Crippen molar-refractivity contribution in [2.24, 2.45) is 5.73 Å². The van der Waals surface area contributed by atoms with Gasteiger partial charge in [-0.2, -0.15) is 0 Å². The Kier molecular flexibility index (Phi) is 4.97. The zero-order valence-electron chi connectivity index (χ0n) is 10.3. The van der Waals surface area contributed by atoms with Gasteiger partial charge >= 0.3 is 5.97 Å². The summed E-state index contributed by atoms with van der Waals surface area (Å²) in [5.74, 6) is -0.0774. The van der Waals surface area contributed by atoms with E-state index in [1.807, 2.05) is 32.0 Å². The van der Waals surface area contributed by atoms with Crippen molar-refractivity contribution in [1.29, 1.82) is 0 Å². The van der Waals surface area contributed by atoms with Gasteiger partial charge in [0.15, 0.2) is 0 Å². The van der Waals surface area contributed by atoms with Crippen molar-refractivity contribution in [2.45, 2.75) is 32.7 Å². The van der Waals surface area contributed by atoms with Crippen molar-refractivity contribution >= 4 is 5.97 Å². The molecule has 4 heteroatoms. The minimum atomic E-state index is -0.951. The molecule has 94 valence electrons. The van der Waals surface area contributed by atoms with Crippen LogP contribution in [0.5, 0.6) is 5.75 Å². The van der Waals surface area contributed by atoms with Crippen molar-refractivity contribution < 1.29 is 14.6 Å². The van der Waals surface area contributed by atoms with Gasteiger partial charge in [0.05, 0.1) is 6.61 Å². The lowest BCUT2D eigenvalue weighted by atomic mass is 10.0. The maximum atomic E-state index is 10.6. The van der Waals surface area contributed by atoms with Gasteiger partial charge in [-0.05, 0) is 43.9 Å². The number of benzene rings is 1. The van der Waals surface area contributed by atoms with Crippen molar-refractivity contribution in [3.05, 3.63) is 29.3 Å². The van der Waals surface area contributed by atoms with Gasteiger partial charge in [0, 0.05) is 0 Å². The van der Waals surface area contributed by atoms with Gasteiger partial charge in [-0.15, -0.1) is 0 Å². The fourth-order valence-electron chi connectivity index (χ4n) is 1.63. The lowest BCUT2D eigenvalue weighted by molar-refractivity contribution is -0.138. The average Bonchev–Trinajstić information content (AvgIpc) is 2.29. The molecule has 1 atom stereocenters. The molecular formula is C13H19NO3. The number of carbonyl (C=O) groups is 1. The molecular weight excluding hydrogens is 218 g/mol. The number of hydrogen-bond donors (Lipinski definition) is 2. The Labute approximate surface area is 101 Å². The number of carboxylic acid groups (broad SMARTS) is 1. The second kappa shape index (κ2) is 6.25. The SMILES string of the molecule is CCOc1ccc(CCC(N)C(=O)O)cc1C. The topological polar surface area (TPSA) is 72.5 Å². The first-order valence-electron chi connectivity index (χ1n) is 5.75. The molecule has 0 aromatic heterocycles. The third kappa shape index (κ3) is 4.07. The largest absolute Gasteiger partial charge is 0.494 e. The van der Waals surface area contributed by atoms with Gasteiger partial charge < -0.3 is 15.6 Å². The molecule has 0 radical (unpaired) electrons. The fourth-order valence-corrected chi connectivity index (χ4v) is 1.63. The van der Waals surface area contributed by atoms with Gasteiger partial charge in [0.2, 0.25) is 0 Å². The van der Waals surface area contributed by atoms with Gasteiger partial charge in [-0.25, -0.2) is 0 Å². The Bertz CT molecular complexity index is 390. The Balaban J connectivity index is 2.61. The number of nitrogens with two attached hydrogens (primary N) is 1. The highest BCUT2D eigenvalue weighted by atomic mass is 16.5. The van der Waals surface area contributed by atoms with Crippen LogP contribution >= 0.6 is 0 Å². The first-order valence-corrected chi connectivity index (χ1v) is 5.75. The number of ether oxygens (including phenoxy) is 1. The van der Waals surface area contributed by atoms with E-state index in [4.69, 9.17) is 15.6 Å². The summed E-state index contributed by atoms with van der Waals surface area (Å²) in [7, 11) is 0. The second-order valence-corrected chi connectivity index (χ2v) is 4.02. The number of aliphatic carboxylic acids is 1. The molecule has 1 unspecified atom stereocenters. The number of carboxylic acids is 1. The molecule has 0 aliphatic heterocycles. The number of aryl methyl sites for hydroxylation is 2. The second-order valence-electron chi connectivity index (χ2n) is 4.02. The first-order chi connectivity index (χ1) is 8.04. The fraction of sp³-hybridized carbons (Fsp3) is 0.462. The van der Waals surface area contributed by atoms with E-state index in [-0.39, 0.29) is 0 Å². The third-order valence-electron chi connectivity index (χ3n) is 2.60. The molecule has 17 heavy (non-hydrogen) atoms. The zero-order valence-corrected chi connectivity index (χ0v) is 10.3. The molecule has 1 aromatic rings. The van der Waals surface area contributed by atoms with E-state index in [0.29, 0.717) is 19.4 Å². The summed E-state index contributed by atoms with van der Waals surface area (Å²) in [5, 5.41) is 8.68. The number of rotatable bonds is 6. The van der Waals surface area contributed by atoms with E-state index >= 15 is 0 Å². The van der Waals surface area contributed by atoms with E-state index in [0.717, 1.165) is 16.9 Å². The molecule has 1 aromatic carbocycles. The third-order valence-corrected chi connectivity index (χ3v) is 2.60. The summed E-state index contributed by atoms with van der Waals surface area (Å²) in [4.78, 5) is 10.6. The Hall–Kier alpha value is -1.55. The Morgan fingerprint density at radius 1 is 1.53 bits per heavy atom. The standard InChI is InChI=1S/C13H19NO3/c1-3-17-12-7-5-10(8-9(12)2)4-6-11(14)13(15)16/h5,7-8,11H,3-4,6,14H2,1-2H3,(H,15,16). The zero-order chi connectivity index (χ0) is 12.8. The summed E-state index contributed by atoms with van der Waals surface area (Å²) in [6.45, 7) is 4.56. The molecule has 0 bridgehead atoms. The minimum Gasteiger partial charge on any atom is -0.494 e. The molecule has 4 nitrogen and oxygen atoms in total. The van der Waals surface area contributed by atoms with Gasteiger partial charge in [-0.3, -0.25) is 4.79 Å². The Morgan fingerprint density at radius 3 is 2.76 bits per heavy atom. The normalized spacial score (nSPS) is 12.2. The van der Waals surface area contributed by atoms with Crippen LogP contribution in [0.3, 0.4) is 0 Å². The van der Waals surface area contributed by atoms with Gasteiger partial charge in [-0.1, -0.05) is 12.1 Å². The minimum absolute atomic E-state index is 0.447. The molecule has 0 aliphatic rings. The molecule has 0 fully saturated rings. The summed E-state index contributed by atoms with van der Waals surface area (Å²) in [5.41, 5.74) is 7.60. The molecule has 0 saturated heterocycles. The molecule has 0 aliphatic carbocycles. The molecule has 0 spiro atoms. The molecule has 1 rings (SSSR count). The van der Waals surface area contributed by atoms with Crippen molar-refractivity contribution in [1.82, 2.24) is 0 Å². The maximum Gasteiger partial charge on any atom is 0.320 e. The van der Waals surface area contributed by atoms with E-state index < -0.39 is 12.0 Å². The van der Waals surface area contributed by atoms with Crippen LogP contribution in [0.4, 0.5) is 0 Å². The van der Waals surface area contributed by atoms with E-state index in [2.05, 4.69) is 0 Å². The predicted molar refractivity (Wildman–Crippen MR) is 66.3 cm³/mol. The Morgan fingerprint density at radius 2 is 2.24 bits per heavy atom. The van der Waals surface area contributed by atoms with Crippen LogP contribution in [0.15, 0.2) is 18.2 Å². The molecule has 0 amide bonds. The summed E-state index contributed by atoms with van der Waals surface area (Å²) >= 11 is 0. The van der Waals surface area contributed by atoms with E-state index in [9.17, 15) is 4.79 Å². The predicted octanol–water partition coefficient (Wildman–Crippen LogP) is 1.74. The van der Waals surface area contributed by atoms with Crippen molar-refractivity contribution in [2.75, 3.05) is 6.61 Å². The number of hydrogen-bond acceptors (Lipinski definition) is 3. The van der Waals surface area contributed by atoms with Crippen LogP contribution in [-0.2, 0) is 11.2 Å². The summed E-state index contributed by atoms with van der Waals surface area (Å²) in [6, 6.07) is 5.09. The lowest BCUT2D eigenvalue weighted by Crippen LogP contribution is -2.30.